The smallest absolute Gasteiger partial charge is 0.303 e. The number of carboxylic acid groups (broad SMARTS) is 1. The van der Waals surface area contributed by atoms with Gasteiger partial charge in [0.2, 0.25) is 0 Å². The van der Waals surface area contributed by atoms with Gasteiger partial charge in [0.25, 0.3) is 0 Å². The Morgan fingerprint density at radius 2 is 2.00 bits per heavy atom. The largest absolute Gasteiger partial charge is 0.481 e. The molecule has 0 aliphatic heterocycles. The zero-order valence-corrected chi connectivity index (χ0v) is 10.6. The van der Waals surface area contributed by atoms with E-state index >= 15 is 0 Å². The van der Waals surface area contributed by atoms with Gasteiger partial charge >= 0.3 is 5.97 Å². The van der Waals surface area contributed by atoms with Crippen LogP contribution in [0.5, 0.6) is 0 Å². The van der Waals surface area contributed by atoms with Crippen molar-refractivity contribution in [3.63, 3.8) is 0 Å². The highest BCUT2D eigenvalue weighted by Gasteiger charge is 2.06. The number of benzene rings is 1. The van der Waals surface area contributed by atoms with E-state index in [0.29, 0.717) is 0 Å². The third kappa shape index (κ3) is 6.07. The summed E-state index contributed by atoms with van der Waals surface area (Å²) in [5, 5.41) is 11.9. The minimum atomic E-state index is -0.724. The molecule has 0 heterocycles. The van der Waals surface area contributed by atoms with Crippen LogP contribution in [-0.2, 0) is 11.2 Å². The third-order valence-corrected chi connectivity index (χ3v) is 2.73. The van der Waals surface area contributed by atoms with Crippen molar-refractivity contribution in [1.29, 1.82) is 0 Å². The highest BCUT2D eigenvalue weighted by atomic mass is 16.4. The number of hydrogen-bond donors (Lipinski definition) is 2. The average Bonchev–Trinajstić information content (AvgIpc) is 2.26. The van der Waals surface area contributed by atoms with Crippen molar-refractivity contribution in [2.75, 3.05) is 13.1 Å². The molecule has 1 atom stereocenters. The van der Waals surface area contributed by atoms with E-state index in [0.717, 1.165) is 19.5 Å². The molecule has 0 fully saturated rings. The van der Waals surface area contributed by atoms with Crippen LogP contribution in [0.3, 0.4) is 0 Å². The fraction of sp³-hybridized carbons (Fsp3) is 0.500. The first-order valence-corrected chi connectivity index (χ1v) is 6.06. The Kier molecular flexibility index (Phi) is 5.70. The summed E-state index contributed by atoms with van der Waals surface area (Å²) in [5.74, 6) is -0.539. The lowest BCUT2D eigenvalue weighted by Gasteiger charge is -2.10. The monoisotopic (exact) mass is 235 g/mol. The van der Waals surface area contributed by atoms with Crippen LogP contribution < -0.4 is 5.32 Å². The van der Waals surface area contributed by atoms with E-state index in [-0.39, 0.29) is 12.3 Å². The van der Waals surface area contributed by atoms with Crippen molar-refractivity contribution in [3.05, 3.63) is 35.4 Å². The topological polar surface area (TPSA) is 49.3 Å². The molecule has 94 valence electrons. The molecular formula is C14H21NO2. The quantitative estimate of drug-likeness (QED) is 0.713. The fourth-order valence-corrected chi connectivity index (χ4v) is 1.71. The first-order valence-electron chi connectivity index (χ1n) is 6.06. The highest BCUT2D eigenvalue weighted by molar-refractivity contribution is 5.66. The van der Waals surface area contributed by atoms with Crippen LogP contribution >= 0.6 is 0 Å². The normalized spacial score (nSPS) is 12.4. The number of carbonyl (C=O) groups is 1. The molecule has 0 aromatic heterocycles. The van der Waals surface area contributed by atoms with E-state index in [1.165, 1.54) is 11.1 Å². The van der Waals surface area contributed by atoms with Gasteiger partial charge in [-0.05, 0) is 37.9 Å². The molecule has 0 aliphatic rings. The summed E-state index contributed by atoms with van der Waals surface area (Å²) in [6.07, 6.45) is 1.22. The predicted octanol–water partition coefficient (Wildman–Crippen LogP) is 2.24. The summed E-state index contributed by atoms with van der Waals surface area (Å²) in [6.45, 7) is 5.69. The van der Waals surface area contributed by atoms with Crippen LogP contribution in [0.1, 0.15) is 24.5 Å². The molecule has 0 amide bonds. The van der Waals surface area contributed by atoms with Gasteiger partial charge in [-0.3, -0.25) is 4.79 Å². The van der Waals surface area contributed by atoms with Gasteiger partial charge in [0, 0.05) is 6.42 Å². The highest BCUT2D eigenvalue weighted by Crippen LogP contribution is 2.03. The molecular weight excluding hydrogens is 214 g/mol. The van der Waals surface area contributed by atoms with E-state index in [1.807, 2.05) is 6.92 Å². The summed E-state index contributed by atoms with van der Waals surface area (Å²) in [4.78, 5) is 10.5. The van der Waals surface area contributed by atoms with Gasteiger partial charge in [0.1, 0.15) is 0 Å². The Balaban J connectivity index is 2.15. The molecule has 17 heavy (non-hydrogen) atoms. The van der Waals surface area contributed by atoms with E-state index in [2.05, 4.69) is 36.5 Å². The van der Waals surface area contributed by atoms with Crippen LogP contribution in [0.15, 0.2) is 24.3 Å². The molecule has 1 aromatic carbocycles. The summed E-state index contributed by atoms with van der Waals surface area (Å²) in [6, 6.07) is 8.50. The molecule has 1 rings (SSSR count). The second kappa shape index (κ2) is 7.07. The van der Waals surface area contributed by atoms with Crippen molar-refractivity contribution >= 4 is 5.97 Å². The van der Waals surface area contributed by atoms with E-state index in [1.54, 1.807) is 0 Å². The standard InChI is InChI=1S/C14H21NO2/c1-11-3-5-13(6-4-11)7-8-15-10-12(2)9-14(16)17/h3-6,12,15H,7-10H2,1-2H3,(H,16,17). The zero-order valence-electron chi connectivity index (χ0n) is 10.6. The molecule has 0 radical (unpaired) electrons. The molecule has 0 spiro atoms. The molecule has 0 saturated heterocycles. The second-order valence-electron chi connectivity index (χ2n) is 4.64. The fourth-order valence-electron chi connectivity index (χ4n) is 1.71. The second-order valence-corrected chi connectivity index (χ2v) is 4.64. The molecule has 3 nitrogen and oxygen atoms in total. The maximum atomic E-state index is 10.5. The van der Waals surface area contributed by atoms with Gasteiger partial charge < -0.3 is 10.4 Å². The maximum Gasteiger partial charge on any atom is 0.303 e. The van der Waals surface area contributed by atoms with Crippen LogP contribution in [0.25, 0.3) is 0 Å². The Morgan fingerprint density at radius 3 is 2.59 bits per heavy atom. The molecule has 1 aromatic rings. The number of hydrogen-bond acceptors (Lipinski definition) is 2. The van der Waals surface area contributed by atoms with Gasteiger partial charge in [0.15, 0.2) is 0 Å². The van der Waals surface area contributed by atoms with E-state index < -0.39 is 5.97 Å². The summed E-state index contributed by atoms with van der Waals surface area (Å²) in [7, 11) is 0. The maximum absolute atomic E-state index is 10.5. The number of nitrogens with one attached hydrogen (secondary N) is 1. The molecule has 3 heteroatoms. The molecule has 2 N–H and O–H groups in total. The Bertz CT molecular complexity index is 346. The summed E-state index contributed by atoms with van der Waals surface area (Å²) >= 11 is 0. The molecule has 0 saturated carbocycles. The van der Waals surface area contributed by atoms with Gasteiger partial charge in [-0.25, -0.2) is 0 Å². The van der Waals surface area contributed by atoms with Crippen LogP contribution in [0.2, 0.25) is 0 Å². The Hall–Kier alpha value is -1.35. The first-order chi connectivity index (χ1) is 8.08. The number of rotatable bonds is 7. The van der Waals surface area contributed by atoms with Crippen molar-refractivity contribution in [1.82, 2.24) is 5.32 Å². The average molecular weight is 235 g/mol. The lowest BCUT2D eigenvalue weighted by Crippen LogP contribution is -2.24. The van der Waals surface area contributed by atoms with Crippen molar-refractivity contribution in [3.8, 4) is 0 Å². The van der Waals surface area contributed by atoms with Gasteiger partial charge in [-0.15, -0.1) is 0 Å². The molecule has 1 unspecified atom stereocenters. The zero-order chi connectivity index (χ0) is 12.7. The Morgan fingerprint density at radius 1 is 1.35 bits per heavy atom. The molecule has 0 bridgehead atoms. The summed E-state index contributed by atoms with van der Waals surface area (Å²) < 4.78 is 0. The van der Waals surface area contributed by atoms with Crippen LogP contribution in [-0.4, -0.2) is 24.2 Å². The molecule has 0 aliphatic carbocycles. The van der Waals surface area contributed by atoms with E-state index in [4.69, 9.17) is 5.11 Å². The lowest BCUT2D eigenvalue weighted by atomic mass is 10.1. The van der Waals surface area contributed by atoms with Gasteiger partial charge in [0.05, 0.1) is 0 Å². The third-order valence-electron chi connectivity index (χ3n) is 2.73. The van der Waals surface area contributed by atoms with Crippen molar-refractivity contribution in [2.24, 2.45) is 5.92 Å². The SMILES string of the molecule is Cc1ccc(CCNCC(C)CC(=O)O)cc1. The first kappa shape index (κ1) is 13.7. The van der Waals surface area contributed by atoms with Crippen molar-refractivity contribution < 1.29 is 9.90 Å². The van der Waals surface area contributed by atoms with Crippen LogP contribution in [0.4, 0.5) is 0 Å². The van der Waals surface area contributed by atoms with Gasteiger partial charge in [-0.2, -0.15) is 0 Å². The number of aryl methyl sites for hydroxylation is 1. The number of aliphatic carboxylic acids is 1. The minimum Gasteiger partial charge on any atom is -0.481 e. The van der Waals surface area contributed by atoms with Gasteiger partial charge in [-0.1, -0.05) is 36.8 Å². The Labute approximate surface area is 103 Å². The minimum absolute atomic E-state index is 0.186. The van der Waals surface area contributed by atoms with Crippen LogP contribution in [0, 0.1) is 12.8 Å². The number of carboxylic acids is 1. The lowest BCUT2D eigenvalue weighted by molar-refractivity contribution is -0.137. The predicted molar refractivity (Wildman–Crippen MR) is 69.2 cm³/mol. The summed E-state index contributed by atoms with van der Waals surface area (Å²) in [5.41, 5.74) is 2.59. The van der Waals surface area contributed by atoms with E-state index in [9.17, 15) is 4.79 Å². The van der Waals surface area contributed by atoms with Crippen molar-refractivity contribution in [2.45, 2.75) is 26.7 Å².